The van der Waals surface area contributed by atoms with Gasteiger partial charge in [0.2, 0.25) is 5.91 Å². The first-order valence-corrected chi connectivity index (χ1v) is 18.1. The second-order valence-corrected chi connectivity index (χ2v) is 12.6. The molecule has 47 heavy (non-hydrogen) atoms. The highest BCUT2D eigenvalue weighted by Gasteiger charge is 2.35. The molecule has 266 valence electrons. The maximum Gasteiger partial charge on any atom is 0.407 e. The van der Waals surface area contributed by atoms with E-state index in [4.69, 9.17) is 9.47 Å². The van der Waals surface area contributed by atoms with E-state index in [1.165, 1.54) is 80.4 Å². The smallest absolute Gasteiger partial charge is 0.407 e. The summed E-state index contributed by atoms with van der Waals surface area (Å²) in [7, 11) is 1.64. The normalized spacial score (nSPS) is 14.4. The van der Waals surface area contributed by atoms with Crippen LogP contribution in [0.5, 0.6) is 0 Å². The topological polar surface area (TPSA) is 121 Å². The van der Waals surface area contributed by atoms with Crippen LogP contribution in [0.1, 0.15) is 128 Å². The molecule has 2 atom stereocenters. The van der Waals surface area contributed by atoms with Crippen LogP contribution in [0.3, 0.4) is 0 Å². The molecule has 11 nitrogen and oxygen atoms in total. The van der Waals surface area contributed by atoms with Crippen molar-refractivity contribution >= 4 is 23.9 Å². The number of rotatable bonds is 26. The fourth-order valence-electron chi connectivity index (χ4n) is 5.89. The van der Waals surface area contributed by atoms with Crippen molar-refractivity contribution in [2.24, 2.45) is 0 Å². The quantitative estimate of drug-likeness (QED) is 0.0716. The summed E-state index contributed by atoms with van der Waals surface area (Å²) in [4.78, 5) is 52.9. The molecule has 0 saturated carbocycles. The van der Waals surface area contributed by atoms with Gasteiger partial charge in [0.25, 0.3) is 5.69 Å². The summed E-state index contributed by atoms with van der Waals surface area (Å²) in [5.74, 6) is -0.534. The van der Waals surface area contributed by atoms with Gasteiger partial charge in [0, 0.05) is 38.9 Å². The van der Waals surface area contributed by atoms with E-state index in [0.717, 1.165) is 19.3 Å². The van der Waals surface area contributed by atoms with E-state index in [2.05, 4.69) is 17.6 Å². The van der Waals surface area contributed by atoms with Gasteiger partial charge < -0.3 is 25.0 Å². The molecule has 1 aliphatic heterocycles. The zero-order valence-electron chi connectivity index (χ0n) is 29.6. The summed E-state index contributed by atoms with van der Waals surface area (Å²) < 4.78 is 12.7. The van der Waals surface area contributed by atoms with Gasteiger partial charge in [0.1, 0.15) is 13.1 Å². The highest BCUT2D eigenvalue weighted by molar-refractivity contribution is 6.02. The number of pyridine rings is 1. The number of nitrogens with one attached hydrogen (secondary N) is 2. The predicted molar refractivity (Wildman–Crippen MR) is 183 cm³/mol. The number of hydrogen-bond acceptors (Lipinski definition) is 6. The summed E-state index contributed by atoms with van der Waals surface area (Å²) in [6.07, 6.45) is 19.1. The Labute approximate surface area is 283 Å². The SMILES string of the molecule is CCCCCCCCCCCCCCCC(NC(=O)OCCCN1C(=O)CN(CCNC(=O)c2cccc[n+]2CC)C1=O)C(C)OC. The molecule has 2 rings (SSSR count). The Kier molecular flexibility index (Phi) is 20.4. The van der Waals surface area contributed by atoms with E-state index in [9.17, 15) is 19.2 Å². The third-order valence-electron chi connectivity index (χ3n) is 8.93. The molecule has 1 saturated heterocycles. The molecule has 0 aliphatic carbocycles. The first kappa shape index (κ1) is 40.0. The van der Waals surface area contributed by atoms with Gasteiger partial charge >= 0.3 is 18.0 Å². The van der Waals surface area contributed by atoms with E-state index in [-0.39, 0.29) is 56.7 Å². The van der Waals surface area contributed by atoms with Crippen LogP contribution in [0, 0.1) is 0 Å². The molecule has 1 aliphatic rings. The van der Waals surface area contributed by atoms with Gasteiger partial charge in [0.15, 0.2) is 6.20 Å². The number of amides is 5. The highest BCUT2D eigenvalue weighted by atomic mass is 16.5. The molecule has 0 aromatic carbocycles. The molecule has 1 fully saturated rings. The standard InChI is InChI=1S/C36H61N5O6/c1-5-7-8-9-10-11-12-13-14-15-16-17-18-22-31(30(3)46-4)38-35(44)47-28-21-26-41-33(42)29-40(36(41)45)27-24-37-34(43)32-23-19-20-25-39(32)6-2/h19-20,23,25,30-31H,5-18,21-22,24,26-29H2,1-4H3,(H-,37,38,43,44)/p+1. The summed E-state index contributed by atoms with van der Waals surface area (Å²) in [5, 5.41) is 5.76. The highest BCUT2D eigenvalue weighted by Crippen LogP contribution is 2.15. The van der Waals surface area contributed by atoms with Crippen molar-refractivity contribution in [2.45, 2.75) is 136 Å². The van der Waals surface area contributed by atoms with Crippen LogP contribution >= 0.6 is 0 Å². The minimum Gasteiger partial charge on any atom is -0.449 e. The number of unbranched alkanes of at least 4 members (excludes halogenated alkanes) is 12. The van der Waals surface area contributed by atoms with Crippen molar-refractivity contribution in [3.05, 3.63) is 30.1 Å². The monoisotopic (exact) mass is 660 g/mol. The molecule has 11 heteroatoms. The minimum absolute atomic E-state index is 0.0356. The number of nitrogens with zero attached hydrogens (tertiary/aromatic N) is 3. The zero-order valence-corrected chi connectivity index (χ0v) is 29.6. The number of carbonyl (C=O) groups excluding carboxylic acids is 4. The maximum atomic E-state index is 12.8. The Morgan fingerprint density at radius 1 is 0.894 bits per heavy atom. The lowest BCUT2D eigenvalue weighted by Crippen LogP contribution is -2.44. The summed E-state index contributed by atoms with van der Waals surface area (Å²) in [6, 6.07) is 4.86. The number of aromatic nitrogens is 1. The number of aryl methyl sites for hydroxylation is 1. The van der Waals surface area contributed by atoms with Gasteiger partial charge in [-0.1, -0.05) is 90.4 Å². The summed E-state index contributed by atoms with van der Waals surface area (Å²) in [5.41, 5.74) is 0.534. The van der Waals surface area contributed by atoms with Crippen LogP contribution in [0.15, 0.2) is 24.4 Å². The molecule has 2 N–H and O–H groups in total. The molecule has 0 bridgehead atoms. The van der Waals surface area contributed by atoms with Gasteiger partial charge in [-0.05, 0) is 32.8 Å². The number of carbonyl (C=O) groups is 4. The number of imide groups is 1. The second kappa shape index (κ2) is 24.0. The average Bonchev–Trinajstić information content (AvgIpc) is 3.35. The fourth-order valence-corrected chi connectivity index (χ4v) is 5.89. The van der Waals surface area contributed by atoms with Gasteiger partial charge in [-0.15, -0.1) is 0 Å². The Morgan fingerprint density at radius 2 is 1.53 bits per heavy atom. The largest absolute Gasteiger partial charge is 0.449 e. The Hall–Kier alpha value is -3.21. The Balaban J connectivity index is 1.59. The number of methoxy groups -OCH3 is 1. The van der Waals surface area contributed by atoms with Crippen molar-refractivity contribution in [3.8, 4) is 0 Å². The molecular weight excluding hydrogens is 598 g/mol. The lowest BCUT2D eigenvalue weighted by Gasteiger charge is -2.24. The van der Waals surface area contributed by atoms with Crippen LogP contribution in [-0.4, -0.2) is 85.8 Å². The average molecular weight is 661 g/mol. The van der Waals surface area contributed by atoms with E-state index in [1.807, 2.05) is 30.7 Å². The van der Waals surface area contributed by atoms with Crippen LogP contribution in [0.2, 0.25) is 0 Å². The Bertz CT molecular complexity index is 1070. The van der Waals surface area contributed by atoms with Crippen LogP contribution in [0.4, 0.5) is 9.59 Å². The third kappa shape index (κ3) is 15.5. The summed E-state index contributed by atoms with van der Waals surface area (Å²) in [6.45, 7) is 7.48. The molecular formula is C36H62N5O6+. The van der Waals surface area contributed by atoms with Gasteiger partial charge in [-0.2, -0.15) is 4.57 Å². The number of alkyl carbamates (subject to hydrolysis) is 1. The van der Waals surface area contributed by atoms with Crippen molar-refractivity contribution in [3.63, 3.8) is 0 Å². The van der Waals surface area contributed by atoms with E-state index < -0.39 is 12.1 Å². The minimum atomic E-state index is -0.521. The van der Waals surface area contributed by atoms with Crippen molar-refractivity contribution in [1.82, 2.24) is 20.4 Å². The molecule has 0 radical (unpaired) electrons. The molecule has 1 aromatic rings. The van der Waals surface area contributed by atoms with Crippen LogP contribution in [0.25, 0.3) is 0 Å². The van der Waals surface area contributed by atoms with E-state index in [0.29, 0.717) is 18.7 Å². The lowest BCUT2D eigenvalue weighted by atomic mass is 10.0. The first-order chi connectivity index (χ1) is 22.8. The van der Waals surface area contributed by atoms with Crippen LogP contribution < -0.4 is 15.2 Å². The number of ether oxygens (including phenoxy) is 2. The van der Waals surface area contributed by atoms with Gasteiger partial charge in [-0.3, -0.25) is 14.5 Å². The van der Waals surface area contributed by atoms with Crippen molar-refractivity contribution in [1.29, 1.82) is 0 Å². The molecule has 2 unspecified atom stereocenters. The van der Waals surface area contributed by atoms with Gasteiger partial charge in [-0.25, -0.2) is 9.59 Å². The molecule has 5 amide bonds. The van der Waals surface area contributed by atoms with Gasteiger partial charge in [0.05, 0.1) is 18.8 Å². The zero-order chi connectivity index (χ0) is 34.3. The lowest BCUT2D eigenvalue weighted by molar-refractivity contribution is -0.695. The molecule has 1 aromatic heterocycles. The van der Waals surface area contributed by atoms with Crippen molar-refractivity contribution < 1.29 is 33.2 Å². The summed E-state index contributed by atoms with van der Waals surface area (Å²) >= 11 is 0. The number of urea groups is 1. The molecule has 0 spiro atoms. The van der Waals surface area contributed by atoms with Crippen LogP contribution in [-0.2, 0) is 20.8 Å². The Morgan fingerprint density at radius 3 is 2.15 bits per heavy atom. The third-order valence-corrected chi connectivity index (χ3v) is 8.93. The number of hydrogen-bond donors (Lipinski definition) is 2. The maximum absolute atomic E-state index is 12.8. The van der Waals surface area contributed by atoms with E-state index >= 15 is 0 Å². The first-order valence-electron chi connectivity index (χ1n) is 18.1. The molecule has 2 heterocycles. The second-order valence-electron chi connectivity index (χ2n) is 12.6. The van der Waals surface area contributed by atoms with Crippen molar-refractivity contribution in [2.75, 3.05) is 39.9 Å². The fraction of sp³-hybridized carbons (Fsp3) is 0.750. The predicted octanol–water partition coefficient (Wildman–Crippen LogP) is 5.99. The van der Waals surface area contributed by atoms with E-state index in [1.54, 1.807) is 19.2 Å².